The standard InChI is InChI=1S/C12H19BrN2O2S/c1-3-14-7-4-8-18(16,17)15-12-6-5-11(13)9-10(12)2/h5-6,9,14-15H,3-4,7-8H2,1-2H3. The van der Waals surface area contributed by atoms with Crippen molar-refractivity contribution >= 4 is 31.6 Å². The second-order valence-electron chi connectivity index (χ2n) is 4.09. The van der Waals surface area contributed by atoms with Crippen molar-refractivity contribution in [1.29, 1.82) is 0 Å². The summed E-state index contributed by atoms with van der Waals surface area (Å²) in [7, 11) is -3.26. The zero-order valence-corrected chi connectivity index (χ0v) is 13.1. The molecule has 0 amide bonds. The summed E-state index contributed by atoms with van der Waals surface area (Å²) in [6.07, 6.45) is 0.610. The molecule has 1 aromatic rings. The molecule has 0 radical (unpaired) electrons. The molecule has 6 heteroatoms. The molecular weight excluding hydrogens is 316 g/mol. The minimum absolute atomic E-state index is 0.134. The van der Waals surface area contributed by atoms with Gasteiger partial charge in [-0.1, -0.05) is 22.9 Å². The smallest absolute Gasteiger partial charge is 0.232 e. The fourth-order valence-corrected chi connectivity index (χ4v) is 3.19. The molecule has 0 bridgehead atoms. The van der Waals surface area contributed by atoms with Crippen LogP contribution in [0.1, 0.15) is 18.9 Å². The topological polar surface area (TPSA) is 58.2 Å². The molecule has 0 aliphatic heterocycles. The Labute approximate surface area is 117 Å². The predicted octanol–water partition coefficient (Wildman–Crippen LogP) is 2.50. The van der Waals surface area contributed by atoms with Crippen molar-refractivity contribution in [3.63, 3.8) is 0 Å². The molecule has 1 rings (SSSR count). The normalized spacial score (nSPS) is 11.5. The molecule has 0 saturated heterocycles. The Morgan fingerprint density at radius 3 is 2.67 bits per heavy atom. The van der Waals surface area contributed by atoms with Crippen LogP contribution in [0.15, 0.2) is 22.7 Å². The summed E-state index contributed by atoms with van der Waals surface area (Å²) in [5.41, 5.74) is 1.54. The molecule has 0 fully saturated rings. The van der Waals surface area contributed by atoms with Crippen LogP contribution in [0.3, 0.4) is 0 Å². The number of aryl methyl sites for hydroxylation is 1. The van der Waals surface area contributed by atoms with E-state index >= 15 is 0 Å². The van der Waals surface area contributed by atoms with E-state index in [0.717, 1.165) is 23.1 Å². The molecule has 18 heavy (non-hydrogen) atoms. The highest BCUT2D eigenvalue weighted by molar-refractivity contribution is 9.10. The van der Waals surface area contributed by atoms with Gasteiger partial charge < -0.3 is 5.32 Å². The van der Waals surface area contributed by atoms with E-state index in [0.29, 0.717) is 12.1 Å². The third-order valence-electron chi connectivity index (χ3n) is 2.47. The van der Waals surface area contributed by atoms with Gasteiger partial charge in [-0.15, -0.1) is 0 Å². The van der Waals surface area contributed by atoms with Gasteiger partial charge in [0.2, 0.25) is 10.0 Å². The van der Waals surface area contributed by atoms with Gasteiger partial charge >= 0.3 is 0 Å². The van der Waals surface area contributed by atoms with Crippen molar-refractivity contribution in [2.24, 2.45) is 0 Å². The molecule has 0 atom stereocenters. The van der Waals surface area contributed by atoms with Crippen LogP contribution in [0.25, 0.3) is 0 Å². The molecule has 0 heterocycles. The van der Waals surface area contributed by atoms with Gasteiger partial charge in [-0.25, -0.2) is 8.42 Å². The van der Waals surface area contributed by atoms with Gasteiger partial charge in [0.05, 0.1) is 11.4 Å². The first-order chi connectivity index (χ1) is 8.44. The maximum atomic E-state index is 11.8. The van der Waals surface area contributed by atoms with Crippen molar-refractivity contribution in [3.05, 3.63) is 28.2 Å². The largest absolute Gasteiger partial charge is 0.317 e. The number of sulfonamides is 1. The third kappa shape index (κ3) is 5.37. The van der Waals surface area contributed by atoms with Gasteiger partial charge in [-0.05, 0) is 50.2 Å². The van der Waals surface area contributed by atoms with Crippen LogP contribution in [-0.4, -0.2) is 27.3 Å². The van der Waals surface area contributed by atoms with E-state index in [1.54, 1.807) is 6.07 Å². The Morgan fingerprint density at radius 2 is 2.06 bits per heavy atom. The van der Waals surface area contributed by atoms with Crippen molar-refractivity contribution in [2.45, 2.75) is 20.3 Å². The molecule has 2 N–H and O–H groups in total. The number of hydrogen-bond donors (Lipinski definition) is 2. The van der Waals surface area contributed by atoms with Crippen LogP contribution < -0.4 is 10.0 Å². The summed E-state index contributed by atoms with van der Waals surface area (Å²) in [6, 6.07) is 5.47. The minimum atomic E-state index is -3.26. The van der Waals surface area contributed by atoms with Gasteiger partial charge in [0, 0.05) is 4.47 Å². The predicted molar refractivity (Wildman–Crippen MR) is 79.4 cm³/mol. The lowest BCUT2D eigenvalue weighted by Crippen LogP contribution is -2.22. The maximum Gasteiger partial charge on any atom is 0.232 e. The van der Waals surface area contributed by atoms with E-state index in [-0.39, 0.29) is 5.75 Å². The SMILES string of the molecule is CCNCCCS(=O)(=O)Nc1ccc(Br)cc1C. The van der Waals surface area contributed by atoms with E-state index in [9.17, 15) is 8.42 Å². The monoisotopic (exact) mass is 334 g/mol. The second-order valence-corrected chi connectivity index (χ2v) is 6.84. The number of anilines is 1. The van der Waals surface area contributed by atoms with E-state index in [1.165, 1.54) is 0 Å². The van der Waals surface area contributed by atoms with Gasteiger partial charge in [-0.3, -0.25) is 4.72 Å². The number of rotatable bonds is 7. The van der Waals surface area contributed by atoms with Crippen molar-refractivity contribution in [3.8, 4) is 0 Å². The fraction of sp³-hybridized carbons (Fsp3) is 0.500. The Bertz CT molecular complexity index is 489. The Morgan fingerprint density at radius 1 is 1.33 bits per heavy atom. The van der Waals surface area contributed by atoms with Crippen LogP contribution in [-0.2, 0) is 10.0 Å². The number of halogens is 1. The van der Waals surface area contributed by atoms with E-state index in [1.807, 2.05) is 26.0 Å². The summed E-state index contributed by atoms with van der Waals surface area (Å²) in [5.74, 6) is 0.134. The average molecular weight is 335 g/mol. The zero-order chi connectivity index (χ0) is 13.6. The number of hydrogen-bond acceptors (Lipinski definition) is 3. The second kappa shape index (κ2) is 7.11. The first-order valence-corrected chi connectivity index (χ1v) is 8.36. The zero-order valence-electron chi connectivity index (χ0n) is 10.7. The first kappa shape index (κ1) is 15.5. The lowest BCUT2D eigenvalue weighted by molar-refractivity contribution is 0.595. The lowest BCUT2D eigenvalue weighted by atomic mass is 10.2. The summed E-state index contributed by atoms with van der Waals surface area (Å²) in [6.45, 7) is 5.45. The van der Waals surface area contributed by atoms with Crippen LogP contribution in [0, 0.1) is 6.92 Å². The summed E-state index contributed by atoms with van der Waals surface area (Å²) in [4.78, 5) is 0. The van der Waals surface area contributed by atoms with E-state index in [4.69, 9.17) is 0 Å². The maximum absolute atomic E-state index is 11.8. The van der Waals surface area contributed by atoms with Crippen molar-refractivity contribution in [1.82, 2.24) is 5.32 Å². The average Bonchev–Trinajstić information content (AvgIpc) is 2.28. The highest BCUT2D eigenvalue weighted by Gasteiger charge is 2.11. The van der Waals surface area contributed by atoms with Crippen molar-refractivity contribution in [2.75, 3.05) is 23.6 Å². The summed E-state index contributed by atoms with van der Waals surface area (Å²) < 4.78 is 27.3. The molecule has 1 aromatic carbocycles. The third-order valence-corrected chi connectivity index (χ3v) is 4.32. The summed E-state index contributed by atoms with van der Waals surface area (Å²) >= 11 is 3.35. The first-order valence-electron chi connectivity index (χ1n) is 5.92. The molecule has 0 saturated carbocycles. The van der Waals surface area contributed by atoms with Crippen molar-refractivity contribution < 1.29 is 8.42 Å². The van der Waals surface area contributed by atoms with Crippen LogP contribution >= 0.6 is 15.9 Å². The number of nitrogens with one attached hydrogen (secondary N) is 2. The highest BCUT2D eigenvalue weighted by Crippen LogP contribution is 2.21. The van der Waals surface area contributed by atoms with E-state index < -0.39 is 10.0 Å². The Hall–Kier alpha value is -0.590. The van der Waals surface area contributed by atoms with Gasteiger partial charge in [-0.2, -0.15) is 0 Å². The molecule has 0 unspecified atom stereocenters. The molecule has 102 valence electrons. The Balaban J connectivity index is 2.59. The molecule has 0 aliphatic rings. The molecule has 4 nitrogen and oxygen atoms in total. The molecule has 0 spiro atoms. The number of benzene rings is 1. The summed E-state index contributed by atoms with van der Waals surface area (Å²) in [5, 5.41) is 3.11. The van der Waals surface area contributed by atoms with Gasteiger partial charge in [0.25, 0.3) is 0 Å². The van der Waals surface area contributed by atoms with Crippen LogP contribution in [0.4, 0.5) is 5.69 Å². The van der Waals surface area contributed by atoms with Gasteiger partial charge in [0.15, 0.2) is 0 Å². The highest BCUT2D eigenvalue weighted by atomic mass is 79.9. The lowest BCUT2D eigenvalue weighted by Gasteiger charge is -2.10. The fourth-order valence-electron chi connectivity index (χ4n) is 1.52. The van der Waals surface area contributed by atoms with Crippen LogP contribution in [0.2, 0.25) is 0 Å². The molecular formula is C12H19BrN2O2S. The van der Waals surface area contributed by atoms with E-state index in [2.05, 4.69) is 26.0 Å². The molecule has 0 aliphatic carbocycles. The Kier molecular flexibility index (Phi) is 6.11. The van der Waals surface area contributed by atoms with Gasteiger partial charge in [0.1, 0.15) is 0 Å². The van der Waals surface area contributed by atoms with Crippen LogP contribution in [0.5, 0.6) is 0 Å². The minimum Gasteiger partial charge on any atom is -0.317 e. The quantitative estimate of drug-likeness (QED) is 0.753. The molecule has 0 aromatic heterocycles.